The summed E-state index contributed by atoms with van der Waals surface area (Å²) < 4.78 is 0.0962. The molecule has 3 rings (SSSR count). The summed E-state index contributed by atoms with van der Waals surface area (Å²) in [6, 6.07) is 4.00. The van der Waals surface area contributed by atoms with Crippen molar-refractivity contribution in [2.75, 3.05) is 19.6 Å². The molecule has 1 aromatic rings. The highest BCUT2D eigenvalue weighted by Crippen LogP contribution is 2.32. The second kappa shape index (κ2) is 9.79. The topological polar surface area (TPSA) is 94.9 Å². The molecule has 2 aliphatic rings. The van der Waals surface area contributed by atoms with Gasteiger partial charge in [-0.2, -0.15) is 0 Å². The number of Topliss-reactive ketones (excluding diaryl/α,β-unsaturated/α-hetero) is 1. The zero-order valence-corrected chi connectivity index (χ0v) is 18.4. The molecule has 2 amide bonds. The monoisotopic (exact) mass is 438 g/mol. The molecule has 3 atom stereocenters. The molecule has 7 nitrogen and oxygen atoms in total. The van der Waals surface area contributed by atoms with Crippen molar-refractivity contribution in [2.24, 2.45) is 0 Å². The largest absolute Gasteiger partial charge is 1.00 e. The molecule has 1 aromatic carbocycles. The van der Waals surface area contributed by atoms with Crippen LogP contribution in [0, 0.1) is 0 Å². The van der Waals surface area contributed by atoms with E-state index < -0.39 is 0 Å². The van der Waals surface area contributed by atoms with Gasteiger partial charge in [0.2, 0.25) is 11.7 Å². The van der Waals surface area contributed by atoms with Crippen LogP contribution in [0.25, 0.3) is 0 Å². The van der Waals surface area contributed by atoms with Gasteiger partial charge in [-0.3, -0.25) is 14.1 Å². The highest BCUT2D eigenvalue weighted by atomic mass is 35.5. The Morgan fingerprint density at radius 3 is 2.43 bits per heavy atom. The van der Waals surface area contributed by atoms with Crippen molar-refractivity contribution in [1.82, 2.24) is 4.90 Å². The number of amides is 2. The van der Waals surface area contributed by atoms with Crippen LogP contribution in [0.4, 0.5) is 0 Å². The standard InChI is InChI=1S/C22H30N2O5.ClH/c1-3-17(23-10-4-6-21(23)28)12-15(2)24(11-5-7-22(24)29)14-20(27)16-8-9-18(25)19(26)13-16;/h8-9,13,15,17H,3-7,10-12,14H2,1-2H3,(H-,25,26,27);1H. The summed E-state index contributed by atoms with van der Waals surface area (Å²) in [6.45, 7) is 5.48. The average molecular weight is 439 g/mol. The normalized spacial score (nSPS) is 23.3. The van der Waals surface area contributed by atoms with Crippen LogP contribution < -0.4 is 12.4 Å². The minimum atomic E-state index is -0.346. The molecule has 0 aliphatic carbocycles. The van der Waals surface area contributed by atoms with Crippen molar-refractivity contribution in [2.45, 2.75) is 64.5 Å². The van der Waals surface area contributed by atoms with Gasteiger partial charge in [0.15, 0.2) is 11.5 Å². The Labute approximate surface area is 183 Å². The number of carbonyl (C=O) groups is 3. The summed E-state index contributed by atoms with van der Waals surface area (Å²) in [5.41, 5.74) is 0.284. The maximum Gasteiger partial charge on any atom is 0.314 e. The van der Waals surface area contributed by atoms with E-state index in [0.717, 1.165) is 25.8 Å². The lowest BCUT2D eigenvalue weighted by Crippen LogP contribution is -3.00. The number of rotatable bonds is 8. The lowest BCUT2D eigenvalue weighted by molar-refractivity contribution is -0.862. The summed E-state index contributed by atoms with van der Waals surface area (Å²) in [6.07, 6.45) is 4.18. The lowest BCUT2D eigenvalue weighted by atomic mass is 9.99. The number of benzene rings is 1. The van der Waals surface area contributed by atoms with Crippen LogP contribution in [-0.4, -0.2) is 68.9 Å². The second-order valence-electron chi connectivity index (χ2n) is 8.38. The van der Waals surface area contributed by atoms with Crippen LogP contribution >= 0.6 is 0 Å². The molecule has 3 unspecified atom stereocenters. The number of phenols is 2. The number of carbonyl (C=O) groups excluding carboxylic acids is 3. The lowest BCUT2D eigenvalue weighted by Gasteiger charge is -2.39. The molecule has 2 fully saturated rings. The van der Waals surface area contributed by atoms with Gasteiger partial charge in [0.1, 0.15) is 6.54 Å². The van der Waals surface area contributed by atoms with Crippen LogP contribution in [-0.2, 0) is 9.59 Å². The van der Waals surface area contributed by atoms with Crippen LogP contribution in [0.5, 0.6) is 11.5 Å². The maximum atomic E-state index is 13.0. The van der Waals surface area contributed by atoms with E-state index in [0.29, 0.717) is 25.8 Å². The number of halogens is 1. The van der Waals surface area contributed by atoms with Crippen molar-refractivity contribution in [1.29, 1.82) is 0 Å². The van der Waals surface area contributed by atoms with Gasteiger partial charge in [-0.1, -0.05) is 6.92 Å². The Balaban J connectivity index is 0.00000320. The third-order valence-corrected chi connectivity index (χ3v) is 6.65. The summed E-state index contributed by atoms with van der Waals surface area (Å²) in [5, 5.41) is 19.2. The van der Waals surface area contributed by atoms with Gasteiger partial charge in [-0.15, -0.1) is 0 Å². The zero-order valence-electron chi connectivity index (χ0n) is 17.6. The molecule has 30 heavy (non-hydrogen) atoms. The average Bonchev–Trinajstić information content (AvgIpc) is 3.28. The molecule has 0 saturated carbocycles. The van der Waals surface area contributed by atoms with E-state index in [9.17, 15) is 24.6 Å². The first-order chi connectivity index (χ1) is 13.8. The second-order valence-corrected chi connectivity index (χ2v) is 8.38. The highest BCUT2D eigenvalue weighted by Gasteiger charge is 2.48. The van der Waals surface area contributed by atoms with Gasteiger partial charge in [-0.25, -0.2) is 4.79 Å². The van der Waals surface area contributed by atoms with Gasteiger partial charge in [0.25, 0.3) is 0 Å². The van der Waals surface area contributed by atoms with E-state index in [2.05, 4.69) is 6.92 Å². The summed E-state index contributed by atoms with van der Waals surface area (Å²) in [5.74, 6) is -0.609. The molecule has 2 saturated heterocycles. The molecular weight excluding hydrogens is 408 g/mol. The Kier molecular flexibility index (Phi) is 7.88. The fraction of sp³-hybridized carbons (Fsp3) is 0.591. The number of likely N-dealkylation sites (tertiary alicyclic amines) is 2. The van der Waals surface area contributed by atoms with Crippen LogP contribution in [0.2, 0.25) is 0 Å². The predicted octanol–water partition coefficient (Wildman–Crippen LogP) is -0.399. The quantitative estimate of drug-likeness (QED) is 0.327. The van der Waals surface area contributed by atoms with Crippen LogP contribution in [0.1, 0.15) is 62.7 Å². The Hall–Kier alpha value is -2.12. The molecule has 0 spiro atoms. The summed E-state index contributed by atoms with van der Waals surface area (Å²) in [4.78, 5) is 40.0. The first-order valence-electron chi connectivity index (χ1n) is 10.5. The van der Waals surface area contributed by atoms with E-state index in [1.165, 1.54) is 18.2 Å². The Bertz CT molecular complexity index is 815. The van der Waals surface area contributed by atoms with Crippen molar-refractivity contribution in [3.8, 4) is 11.5 Å². The SMILES string of the molecule is CCC(CC(C)[N+]1(CC(=O)c2ccc(O)c(O)c2)CCCC1=O)N1CCCC1=O.[Cl-]. The molecule has 0 bridgehead atoms. The van der Waals surface area contributed by atoms with E-state index >= 15 is 0 Å². The van der Waals surface area contributed by atoms with E-state index in [-0.39, 0.29) is 70.2 Å². The van der Waals surface area contributed by atoms with E-state index in [4.69, 9.17) is 0 Å². The molecule has 2 aliphatic heterocycles. The molecule has 166 valence electrons. The first-order valence-corrected chi connectivity index (χ1v) is 10.5. The fourth-order valence-corrected chi connectivity index (χ4v) is 4.86. The van der Waals surface area contributed by atoms with Gasteiger partial charge in [-0.05, 0) is 38.0 Å². The number of aromatic hydroxyl groups is 2. The fourth-order valence-electron chi connectivity index (χ4n) is 4.86. The van der Waals surface area contributed by atoms with E-state index in [1.54, 1.807) is 0 Å². The maximum absolute atomic E-state index is 13.0. The summed E-state index contributed by atoms with van der Waals surface area (Å²) >= 11 is 0. The van der Waals surface area contributed by atoms with Crippen LogP contribution in [0.3, 0.4) is 0 Å². The molecule has 8 heteroatoms. The number of hydrogen-bond acceptors (Lipinski definition) is 5. The number of hydrogen-bond donors (Lipinski definition) is 2. The molecule has 2 heterocycles. The zero-order chi connectivity index (χ0) is 21.2. The van der Waals surface area contributed by atoms with Crippen LogP contribution in [0.15, 0.2) is 18.2 Å². The minimum Gasteiger partial charge on any atom is -1.00 e. The number of quaternary nitrogens is 1. The third kappa shape index (κ3) is 4.62. The van der Waals surface area contributed by atoms with Crippen molar-refractivity contribution < 1.29 is 41.5 Å². The minimum absolute atomic E-state index is 0. The smallest absolute Gasteiger partial charge is 0.314 e. The molecular formula is C22H31ClN2O5. The Morgan fingerprint density at radius 1 is 1.17 bits per heavy atom. The van der Waals surface area contributed by atoms with Gasteiger partial charge in [0, 0.05) is 37.4 Å². The number of phenolic OH excluding ortho intramolecular Hbond substituents is 2. The molecule has 2 N–H and O–H groups in total. The van der Waals surface area contributed by atoms with Gasteiger partial charge in [0.05, 0.1) is 19.0 Å². The van der Waals surface area contributed by atoms with Crippen molar-refractivity contribution in [3.63, 3.8) is 0 Å². The van der Waals surface area contributed by atoms with E-state index in [1.807, 2.05) is 11.8 Å². The molecule has 0 radical (unpaired) electrons. The number of ketones is 1. The van der Waals surface area contributed by atoms with Crippen molar-refractivity contribution in [3.05, 3.63) is 23.8 Å². The van der Waals surface area contributed by atoms with Crippen molar-refractivity contribution >= 4 is 17.6 Å². The van der Waals surface area contributed by atoms with Gasteiger partial charge < -0.3 is 27.5 Å². The predicted molar refractivity (Wildman–Crippen MR) is 107 cm³/mol. The summed E-state index contributed by atoms with van der Waals surface area (Å²) in [7, 11) is 0. The number of nitrogens with zero attached hydrogens (tertiary/aromatic N) is 2. The third-order valence-electron chi connectivity index (χ3n) is 6.65. The Morgan fingerprint density at radius 2 is 1.90 bits per heavy atom. The van der Waals surface area contributed by atoms with Gasteiger partial charge >= 0.3 is 5.91 Å². The first kappa shape index (κ1) is 24.2. The molecule has 0 aromatic heterocycles. The highest BCUT2D eigenvalue weighted by molar-refractivity contribution is 5.98.